The predicted octanol–water partition coefficient (Wildman–Crippen LogP) is 3.73. The van der Waals surface area contributed by atoms with Gasteiger partial charge in [0.2, 0.25) is 0 Å². The Bertz CT molecular complexity index is 856. The Morgan fingerprint density at radius 3 is 2.58 bits per heavy atom. The molecule has 1 amide bonds. The first-order valence-corrected chi connectivity index (χ1v) is 9.55. The summed E-state index contributed by atoms with van der Waals surface area (Å²) in [6.45, 7) is 1.97. The Morgan fingerprint density at radius 1 is 1.12 bits per heavy atom. The van der Waals surface area contributed by atoms with Crippen LogP contribution in [0.5, 0.6) is 5.75 Å². The largest absolute Gasteiger partial charge is 0.472 e. The molecule has 0 N–H and O–H groups in total. The van der Waals surface area contributed by atoms with E-state index < -0.39 is 6.17 Å². The highest BCUT2D eigenvalue weighted by molar-refractivity contribution is 6.05. The number of hydrogen-bond acceptors (Lipinski definition) is 3. The zero-order valence-electron chi connectivity index (χ0n) is 14.8. The lowest BCUT2D eigenvalue weighted by atomic mass is 9.96. The van der Waals surface area contributed by atoms with Crippen LogP contribution in [0.2, 0.25) is 0 Å². The zero-order valence-corrected chi connectivity index (χ0v) is 14.8. The molecule has 4 nitrogen and oxygen atoms in total. The van der Waals surface area contributed by atoms with Gasteiger partial charge < -0.3 is 9.64 Å². The van der Waals surface area contributed by atoms with E-state index in [-0.39, 0.29) is 5.91 Å². The summed E-state index contributed by atoms with van der Waals surface area (Å²) in [7, 11) is 0. The van der Waals surface area contributed by atoms with Crippen molar-refractivity contribution in [3.63, 3.8) is 0 Å². The number of fused-ring (bicyclic) bond motifs is 3. The second-order valence-electron chi connectivity index (χ2n) is 7.74. The van der Waals surface area contributed by atoms with Gasteiger partial charge in [0.05, 0.1) is 5.56 Å². The van der Waals surface area contributed by atoms with Gasteiger partial charge in [-0.25, -0.2) is 4.39 Å². The predicted molar refractivity (Wildman–Crippen MR) is 98.0 cm³/mol. The summed E-state index contributed by atoms with van der Waals surface area (Å²) in [6, 6.07) is 10.3. The van der Waals surface area contributed by atoms with Crippen LogP contribution in [0, 0.1) is 0 Å². The normalized spacial score (nSPS) is 21.7. The van der Waals surface area contributed by atoms with Gasteiger partial charge in [-0.3, -0.25) is 9.69 Å². The minimum Gasteiger partial charge on any atom is -0.472 e. The number of benzene rings is 2. The lowest BCUT2D eigenvalue weighted by Gasteiger charge is -2.36. The monoisotopic (exact) mass is 354 g/mol. The Hall–Kier alpha value is -2.14. The topological polar surface area (TPSA) is 32.8 Å². The fraction of sp³-hybridized carbons (Fsp3) is 0.476. The number of nitrogens with zero attached hydrogens (tertiary/aromatic N) is 2. The lowest BCUT2D eigenvalue weighted by molar-refractivity contribution is 0.0394. The molecule has 2 fully saturated rings. The van der Waals surface area contributed by atoms with Gasteiger partial charge in [0.1, 0.15) is 11.9 Å². The highest BCUT2D eigenvalue weighted by atomic mass is 19.1. The van der Waals surface area contributed by atoms with Gasteiger partial charge >= 0.3 is 0 Å². The van der Waals surface area contributed by atoms with Crippen LogP contribution in [-0.2, 0) is 6.54 Å². The molecule has 0 aromatic heterocycles. The standard InChI is InChI=1S/C21H23FN2O2/c22-15-11-23(12-15)10-14-9-19-20(18-8-4-3-7-17(14)18)26-13-24(21(19)25)16-5-1-2-6-16/h3-4,7-9,15-16H,1-2,5-6,10-13H2. The van der Waals surface area contributed by atoms with E-state index in [2.05, 4.69) is 11.0 Å². The van der Waals surface area contributed by atoms with Crippen LogP contribution < -0.4 is 4.74 Å². The van der Waals surface area contributed by atoms with Crippen molar-refractivity contribution in [3.8, 4) is 5.75 Å². The molecule has 0 bridgehead atoms. The first-order chi connectivity index (χ1) is 12.7. The van der Waals surface area contributed by atoms with E-state index in [0.29, 0.717) is 43.7 Å². The number of carbonyl (C=O) groups is 1. The third-order valence-electron chi connectivity index (χ3n) is 5.99. The molecular weight excluding hydrogens is 331 g/mol. The van der Waals surface area contributed by atoms with Crippen LogP contribution >= 0.6 is 0 Å². The quantitative estimate of drug-likeness (QED) is 0.842. The van der Waals surface area contributed by atoms with Crippen LogP contribution in [-0.4, -0.2) is 47.7 Å². The highest BCUT2D eigenvalue weighted by Gasteiger charge is 2.34. The van der Waals surface area contributed by atoms with Crippen molar-refractivity contribution in [2.45, 2.75) is 44.4 Å². The molecule has 5 heteroatoms. The molecule has 2 aliphatic heterocycles. The first-order valence-electron chi connectivity index (χ1n) is 9.55. The molecule has 0 atom stereocenters. The molecule has 1 saturated heterocycles. The number of likely N-dealkylation sites (tertiary alicyclic amines) is 1. The van der Waals surface area contributed by atoms with Crippen LogP contribution in [0.25, 0.3) is 10.8 Å². The number of ether oxygens (including phenoxy) is 1. The van der Waals surface area contributed by atoms with Crippen molar-refractivity contribution in [2.24, 2.45) is 0 Å². The molecule has 0 radical (unpaired) electrons. The molecule has 0 unspecified atom stereocenters. The molecule has 1 saturated carbocycles. The van der Waals surface area contributed by atoms with Crippen LogP contribution in [0.15, 0.2) is 30.3 Å². The van der Waals surface area contributed by atoms with Crippen molar-refractivity contribution in [3.05, 3.63) is 41.5 Å². The van der Waals surface area contributed by atoms with Crippen molar-refractivity contribution in [1.29, 1.82) is 0 Å². The van der Waals surface area contributed by atoms with E-state index >= 15 is 0 Å². The van der Waals surface area contributed by atoms with E-state index in [1.165, 1.54) is 12.8 Å². The fourth-order valence-corrected chi connectivity index (χ4v) is 4.58. The second kappa shape index (κ2) is 6.23. The van der Waals surface area contributed by atoms with E-state index in [4.69, 9.17) is 4.74 Å². The zero-order chi connectivity index (χ0) is 17.7. The van der Waals surface area contributed by atoms with Gasteiger partial charge in [0.15, 0.2) is 6.73 Å². The average molecular weight is 354 g/mol. The number of carbonyl (C=O) groups excluding carboxylic acids is 1. The Labute approximate surface area is 152 Å². The summed E-state index contributed by atoms with van der Waals surface area (Å²) >= 11 is 0. The Kier molecular flexibility index (Phi) is 3.85. The molecule has 136 valence electrons. The maximum atomic E-state index is 13.2. The maximum Gasteiger partial charge on any atom is 0.260 e. The first kappa shape index (κ1) is 16.1. The van der Waals surface area contributed by atoms with Gasteiger partial charge in [-0.1, -0.05) is 37.1 Å². The van der Waals surface area contributed by atoms with Gasteiger partial charge in [0.25, 0.3) is 5.91 Å². The average Bonchev–Trinajstić information content (AvgIpc) is 3.15. The summed E-state index contributed by atoms with van der Waals surface area (Å²) in [4.78, 5) is 17.2. The molecule has 1 aliphatic carbocycles. The van der Waals surface area contributed by atoms with Gasteiger partial charge in [-0.05, 0) is 29.9 Å². The minimum atomic E-state index is -0.721. The second-order valence-corrected chi connectivity index (χ2v) is 7.74. The lowest BCUT2D eigenvalue weighted by Crippen LogP contribution is -2.47. The summed E-state index contributed by atoms with van der Waals surface area (Å²) < 4.78 is 19.3. The smallest absolute Gasteiger partial charge is 0.260 e. The molecule has 5 rings (SSSR count). The molecule has 0 spiro atoms. The molecule has 26 heavy (non-hydrogen) atoms. The number of hydrogen-bond donors (Lipinski definition) is 0. The van der Waals surface area contributed by atoms with Gasteiger partial charge in [-0.2, -0.15) is 0 Å². The fourth-order valence-electron chi connectivity index (χ4n) is 4.58. The third-order valence-corrected chi connectivity index (χ3v) is 5.99. The highest BCUT2D eigenvalue weighted by Crippen LogP contribution is 2.38. The SMILES string of the molecule is O=C1c2cc(CN3CC(F)C3)c3ccccc3c2OCN1C1CCCC1. The third kappa shape index (κ3) is 2.57. The van der Waals surface area contributed by atoms with Crippen molar-refractivity contribution >= 4 is 16.7 Å². The van der Waals surface area contributed by atoms with E-state index in [0.717, 1.165) is 29.2 Å². The number of alkyl halides is 1. The van der Waals surface area contributed by atoms with Crippen LogP contribution in [0.3, 0.4) is 0 Å². The van der Waals surface area contributed by atoms with Crippen molar-refractivity contribution in [1.82, 2.24) is 9.80 Å². The number of amides is 1. The van der Waals surface area contributed by atoms with Crippen LogP contribution in [0.4, 0.5) is 4.39 Å². The maximum absolute atomic E-state index is 13.2. The summed E-state index contributed by atoms with van der Waals surface area (Å²) in [5.74, 6) is 0.785. The van der Waals surface area contributed by atoms with E-state index in [1.54, 1.807) is 0 Å². The summed E-state index contributed by atoms with van der Waals surface area (Å²) in [6.07, 6.45) is 3.78. The number of rotatable bonds is 3. The van der Waals surface area contributed by atoms with Gasteiger partial charge in [0, 0.05) is 31.1 Å². The summed E-state index contributed by atoms with van der Waals surface area (Å²) in [5, 5.41) is 2.08. The van der Waals surface area contributed by atoms with Crippen molar-refractivity contribution < 1.29 is 13.9 Å². The van der Waals surface area contributed by atoms with Crippen LogP contribution in [0.1, 0.15) is 41.6 Å². The van der Waals surface area contributed by atoms with Crippen molar-refractivity contribution in [2.75, 3.05) is 19.8 Å². The van der Waals surface area contributed by atoms with Gasteiger partial charge in [-0.15, -0.1) is 0 Å². The minimum absolute atomic E-state index is 0.0807. The molecule has 2 aromatic rings. The van der Waals surface area contributed by atoms with E-state index in [9.17, 15) is 9.18 Å². The van der Waals surface area contributed by atoms with E-state index in [1.807, 2.05) is 29.2 Å². The summed E-state index contributed by atoms with van der Waals surface area (Å²) in [5.41, 5.74) is 1.74. The molecular formula is C21H23FN2O2. The molecule has 2 heterocycles. The molecule has 3 aliphatic rings. The number of halogens is 1. The Morgan fingerprint density at radius 2 is 1.85 bits per heavy atom. The molecule has 2 aromatic carbocycles. The Balaban J connectivity index is 1.55.